The van der Waals surface area contributed by atoms with E-state index in [-0.39, 0.29) is 18.8 Å². The van der Waals surface area contributed by atoms with Crippen LogP contribution >= 0.6 is 0 Å². The van der Waals surface area contributed by atoms with Crippen molar-refractivity contribution >= 4 is 17.9 Å². The van der Waals surface area contributed by atoms with Crippen molar-refractivity contribution in [3.05, 3.63) is 87.7 Å². The Morgan fingerprint density at radius 2 is 1.59 bits per heavy atom. The average Bonchev–Trinajstić information content (AvgIpc) is 2.81. The maximum atomic E-state index is 12.8. The second kappa shape index (κ2) is 12.2. The van der Waals surface area contributed by atoms with Crippen molar-refractivity contribution in [2.75, 3.05) is 7.11 Å². The summed E-state index contributed by atoms with van der Waals surface area (Å²) in [6.45, 7) is 1.26. The lowest BCUT2D eigenvalue weighted by molar-refractivity contribution is -0.134. The van der Waals surface area contributed by atoms with E-state index in [0.29, 0.717) is 28.0 Å². The molecule has 0 fully saturated rings. The molecule has 0 amide bonds. The van der Waals surface area contributed by atoms with Gasteiger partial charge in [0.15, 0.2) is 5.78 Å². The van der Waals surface area contributed by atoms with Crippen LogP contribution in [0.2, 0.25) is 0 Å². The summed E-state index contributed by atoms with van der Waals surface area (Å²) in [6, 6.07) is 9.96. The molecule has 2 aromatic carbocycles. The minimum Gasteiger partial charge on any atom is -0.508 e. The van der Waals surface area contributed by atoms with Crippen molar-refractivity contribution < 1.29 is 38.0 Å². The number of methoxy groups -OCH3 is 1. The molecular formula is C26H27F3O5. The maximum Gasteiger partial charge on any atom is 0.389 e. The summed E-state index contributed by atoms with van der Waals surface area (Å²) in [5.74, 6) is -0.730. The van der Waals surface area contributed by atoms with Crippen LogP contribution < -0.4 is 4.74 Å². The van der Waals surface area contributed by atoms with Gasteiger partial charge in [0.05, 0.1) is 20.3 Å². The lowest BCUT2D eigenvalue weighted by Gasteiger charge is -2.09. The molecule has 2 rings (SSSR count). The molecule has 0 radical (unpaired) electrons. The number of ketones is 1. The molecule has 0 atom stereocenters. The Morgan fingerprint density at radius 3 is 2.21 bits per heavy atom. The first-order chi connectivity index (χ1) is 16.1. The van der Waals surface area contributed by atoms with Crippen LogP contribution in [0, 0.1) is 6.92 Å². The van der Waals surface area contributed by atoms with E-state index in [2.05, 4.69) is 0 Å². The second-order valence-electron chi connectivity index (χ2n) is 7.58. The van der Waals surface area contributed by atoms with E-state index in [0.717, 1.165) is 11.6 Å². The average molecular weight is 476 g/mol. The molecule has 0 aliphatic carbocycles. The highest BCUT2D eigenvalue weighted by atomic mass is 19.4. The lowest BCUT2D eigenvalue weighted by atomic mass is 10.0. The van der Waals surface area contributed by atoms with Crippen molar-refractivity contribution in [1.82, 2.24) is 0 Å². The predicted molar refractivity (Wildman–Crippen MR) is 124 cm³/mol. The van der Waals surface area contributed by atoms with E-state index in [1.807, 2.05) is 6.92 Å². The van der Waals surface area contributed by atoms with Gasteiger partial charge in [-0.25, -0.2) is 0 Å². The van der Waals surface area contributed by atoms with Crippen LogP contribution in [0.15, 0.2) is 59.9 Å². The van der Waals surface area contributed by atoms with E-state index >= 15 is 0 Å². The van der Waals surface area contributed by atoms with Crippen LogP contribution in [0.4, 0.5) is 13.2 Å². The van der Waals surface area contributed by atoms with Crippen LogP contribution in [-0.2, 0) is 18.0 Å². The number of carbonyl (C=O) groups is 1. The first-order valence-corrected chi connectivity index (χ1v) is 10.5. The quantitative estimate of drug-likeness (QED) is 0.242. The lowest BCUT2D eigenvalue weighted by Crippen LogP contribution is -2.11. The molecule has 182 valence electrons. The fourth-order valence-corrected chi connectivity index (χ4v) is 3.18. The Bertz CT molecular complexity index is 1100. The molecule has 0 aliphatic rings. The van der Waals surface area contributed by atoms with Crippen molar-refractivity contribution in [1.29, 1.82) is 0 Å². The standard InChI is InChI=1S/C26H27F3O5/c1-17-3-4-19(14-25(17)34-2)7-10-24(33)22(11-12-26(27,28)29)23(32)9-6-18-5-8-20(15-30)21(13-18)16-31/h3-10,13-14,30-31,33H,11-12,15-16H2,1-2H3/b9-6+,10-7+,24-22-. The molecule has 0 aliphatic heterocycles. The van der Waals surface area contributed by atoms with Gasteiger partial charge in [-0.05, 0) is 65.4 Å². The zero-order valence-corrected chi connectivity index (χ0v) is 18.9. The first-order valence-electron chi connectivity index (χ1n) is 10.5. The van der Waals surface area contributed by atoms with Gasteiger partial charge in [0.2, 0.25) is 0 Å². The van der Waals surface area contributed by atoms with Gasteiger partial charge in [-0.2, -0.15) is 13.2 Å². The number of hydrogen-bond donors (Lipinski definition) is 3. The van der Waals surface area contributed by atoms with Crippen LogP contribution in [0.3, 0.4) is 0 Å². The maximum absolute atomic E-state index is 12.8. The third kappa shape index (κ3) is 7.90. The summed E-state index contributed by atoms with van der Waals surface area (Å²) in [5.41, 5.74) is 2.64. The smallest absolute Gasteiger partial charge is 0.389 e. The highest BCUT2D eigenvalue weighted by Crippen LogP contribution is 2.26. The van der Waals surface area contributed by atoms with Gasteiger partial charge in [0.25, 0.3) is 0 Å². The van der Waals surface area contributed by atoms with Gasteiger partial charge in [-0.3, -0.25) is 4.79 Å². The van der Waals surface area contributed by atoms with E-state index in [9.17, 15) is 33.3 Å². The van der Waals surface area contributed by atoms with Crippen LogP contribution in [0.25, 0.3) is 12.2 Å². The third-order valence-electron chi connectivity index (χ3n) is 5.13. The number of aliphatic hydroxyl groups excluding tert-OH is 3. The fourth-order valence-electron chi connectivity index (χ4n) is 3.18. The predicted octanol–water partition coefficient (Wildman–Crippen LogP) is 5.44. The Labute approximate surface area is 196 Å². The number of ether oxygens (including phenoxy) is 1. The highest BCUT2D eigenvalue weighted by Gasteiger charge is 2.28. The number of aliphatic hydroxyl groups is 3. The van der Waals surface area contributed by atoms with Crippen LogP contribution in [-0.4, -0.2) is 34.4 Å². The second-order valence-corrected chi connectivity index (χ2v) is 7.58. The molecule has 2 aromatic rings. The zero-order chi connectivity index (χ0) is 25.3. The summed E-state index contributed by atoms with van der Waals surface area (Å²) in [6.07, 6.45) is -1.36. The van der Waals surface area contributed by atoms with Crippen LogP contribution in [0.1, 0.15) is 40.7 Å². The van der Waals surface area contributed by atoms with E-state index in [1.165, 1.54) is 25.3 Å². The molecule has 34 heavy (non-hydrogen) atoms. The Balaban J connectivity index is 2.34. The first kappa shape index (κ1) is 26.9. The molecule has 3 N–H and O–H groups in total. The van der Waals surface area contributed by atoms with Crippen molar-refractivity contribution in [3.8, 4) is 5.75 Å². The number of aryl methyl sites for hydroxylation is 1. The summed E-state index contributed by atoms with van der Waals surface area (Å²) in [5, 5.41) is 29.1. The Kier molecular flexibility index (Phi) is 9.65. The van der Waals surface area contributed by atoms with Crippen molar-refractivity contribution in [2.24, 2.45) is 0 Å². The largest absolute Gasteiger partial charge is 0.508 e. The van der Waals surface area contributed by atoms with Crippen molar-refractivity contribution in [3.63, 3.8) is 0 Å². The Morgan fingerprint density at radius 1 is 0.971 bits per heavy atom. The molecular weight excluding hydrogens is 449 g/mol. The topological polar surface area (TPSA) is 87.0 Å². The molecule has 0 unspecified atom stereocenters. The fraction of sp³-hybridized carbons (Fsp3) is 0.269. The number of alkyl halides is 3. The number of halogens is 3. The van der Waals surface area contributed by atoms with Gasteiger partial charge in [0, 0.05) is 12.0 Å². The number of rotatable bonds is 10. The van der Waals surface area contributed by atoms with Gasteiger partial charge in [0.1, 0.15) is 11.5 Å². The molecule has 0 saturated heterocycles. The summed E-state index contributed by atoms with van der Waals surface area (Å²) in [4.78, 5) is 12.7. The molecule has 8 heteroatoms. The summed E-state index contributed by atoms with van der Waals surface area (Å²) < 4.78 is 43.7. The van der Waals surface area contributed by atoms with Gasteiger partial charge >= 0.3 is 6.18 Å². The number of allylic oxidation sites excluding steroid dienone is 3. The van der Waals surface area contributed by atoms with E-state index in [4.69, 9.17) is 4.74 Å². The highest BCUT2D eigenvalue weighted by molar-refractivity contribution is 6.07. The van der Waals surface area contributed by atoms with Crippen LogP contribution in [0.5, 0.6) is 5.75 Å². The molecule has 5 nitrogen and oxygen atoms in total. The molecule has 0 aromatic heterocycles. The molecule has 0 saturated carbocycles. The van der Waals surface area contributed by atoms with Crippen molar-refractivity contribution in [2.45, 2.75) is 39.2 Å². The van der Waals surface area contributed by atoms with E-state index < -0.39 is 30.6 Å². The number of carbonyl (C=O) groups excluding carboxylic acids is 1. The zero-order valence-electron chi connectivity index (χ0n) is 18.9. The normalized spacial score (nSPS) is 12.9. The summed E-state index contributed by atoms with van der Waals surface area (Å²) >= 11 is 0. The third-order valence-corrected chi connectivity index (χ3v) is 5.13. The SMILES string of the molecule is COc1cc(/C=C/C(O)=C(\CCC(F)(F)F)C(=O)/C=C/c2ccc(CO)c(CO)c2)ccc1C. The Hall–Kier alpha value is -3.36. The minimum atomic E-state index is -4.50. The monoisotopic (exact) mass is 476 g/mol. The number of benzene rings is 2. The van der Waals surface area contributed by atoms with E-state index in [1.54, 1.807) is 36.4 Å². The number of hydrogen-bond acceptors (Lipinski definition) is 5. The molecule has 0 bridgehead atoms. The summed E-state index contributed by atoms with van der Waals surface area (Å²) in [7, 11) is 1.51. The minimum absolute atomic E-state index is 0.268. The molecule has 0 spiro atoms. The van der Waals surface area contributed by atoms with Gasteiger partial charge < -0.3 is 20.1 Å². The van der Waals surface area contributed by atoms with Gasteiger partial charge in [-0.15, -0.1) is 0 Å². The van der Waals surface area contributed by atoms with Gasteiger partial charge in [-0.1, -0.05) is 36.4 Å². The molecule has 0 heterocycles.